The summed E-state index contributed by atoms with van der Waals surface area (Å²) < 4.78 is 0. The fraction of sp³-hybridized carbons (Fsp3) is 0. The molecule has 13 heteroatoms. The van der Waals surface area contributed by atoms with E-state index >= 15 is 0 Å². The molecule has 0 atom stereocenters. The molecule has 13 heavy (non-hydrogen) atoms. The summed E-state index contributed by atoms with van der Waals surface area (Å²) in [6, 6.07) is 0. The Hall–Kier alpha value is 4.71. The summed E-state index contributed by atoms with van der Waals surface area (Å²) in [6.07, 6.45) is 0. The van der Waals surface area contributed by atoms with E-state index in [9.17, 15) is 0 Å². The van der Waals surface area contributed by atoms with Gasteiger partial charge in [-0.15, -0.1) is 0 Å². The van der Waals surface area contributed by atoms with E-state index in [0.29, 0.717) is 0 Å². The van der Waals surface area contributed by atoms with Crippen LogP contribution >= 0.6 is 0 Å². The molecule has 2 radical (unpaired) electrons. The van der Waals surface area contributed by atoms with Crippen molar-refractivity contribution in [1.82, 2.24) is 0 Å². The van der Waals surface area contributed by atoms with Crippen molar-refractivity contribution in [3.63, 3.8) is 0 Å². The quantitative estimate of drug-likeness (QED) is 0.287. The Morgan fingerprint density at radius 1 is 0.385 bits per heavy atom. The topological polar surface area (TPSA) is 142 Å². The summed E-state index contributed by atoms with van der Waals surface area (Å²) in [7, 11) is 0. The Morgan fingerprint density at radius 2 is 0.385 bits per heavy atom. The predicted molar refractivity (Wildman–Crippen MR) is 3.43 cm³/mol. The molecule has 0 spiro atoms. The van der Waals surface area contributed by atoms with Crippen LogP contribution < -0.4 is 0 Å². The van der Waals surface area contributed by atoms with E-state index in [4.69, 9.17) is 0 Å². The normalized spacial score (nSPS) is 0. The molecule has 0 saturated heterocycles. The monoisotopic (exact) mass is 861 g/mol. The van der Waals surface area contributed by atoms with E-state index < -0.39 is 0 Å². The van der Waals surface area contributed by atoms with E-state index in [0.717, 1.165) is 0 Å². The summed E-state index contributed by atoms with van der Waals surface area (Å²) >= 11 is 0. The standard InChI is InChI=1S/2Mo.2Ni.5O.2V.2W/q;;;;5*-2;;;;. The third kappa shape index (κ3) is 163. The Labute approximate surface area is 178 Å². The van der Waals surface area contributed by atoms with Crippen molar-refractivity contribution in [2.75, 3.05) is 0 Å². The van der Waals surface area contributed by atoms with Crippen LogP contribution in [0.15, 0.2) is 0 Å². The second-order valence-corrected chi connectivity index (χ2v) is 0. The van der Waals surface area contributed by atoms with Crippen molar-refractivity contribution < 1.29 is 182 Å². The van der Waals surface area contributed by atoms with Crippen molar-refractivity contribution in [3.05, 3.63) is 0 Å². The van der Waals surface area contributed by atoms with Crippen LogP contribution in [0, 0.1) is 0 Å². The minimum absolute atomic E-state index is 0. The second-order valence-electron chi connectivity index (χ2n) is 0. The maximum Gasteiger partial charge on any atom is 0 e. The van der Waals surface area contributed by atoms with Gasteiger partial charge in [0.15, 0.2) is 0 Å². The van der Waals surface area contributed by atoms with Crippen LogP contribution in [0.4, 0.5) is 0 Å². The molecule has 0 N–H and O–H groups in total. The molecule has 5 nitrogen and oxygen atoms in total. The van der Waals surface area contributed by atoms with Gasteiger partial charge in [0.25, 0.3) is 0 Å². The largest absolute Gasteiger partial charge is 2.00 e. The van der Waals surface area contributed by atoms with Crippen LogP contribution in [0.3, 0.4) is 0 Å². The van der Waals surface area contributed by atoms with Crippen LogP contribution in [0.2, 0.25) is 0 Å². The molecule has 0 aromatic heterocycles. The minimum Gasteiger partial charge on any atom is -2.00 e. The van der Waals surface area contributed by atoms with Crippen molar-refractivity contribution in [1.29, 1.82) is 0 Å². The van der Waals surface area contributed by atoms with Crippen LogP contribution in [0.1, 0.15) is 0 Å². The van der Waals surface area contributed by atoms with E-state index in [1.54, 1.807) is 0 Å². The van der Waals surface area contributed by atoms with Gasteiger partial charge in [0, 0.05) is 154 Å². The SMILES string of the molecule is [Mo].[Mo].[Ni].[Ni].[O-2].[O-2].[O-2].[O-2].[O-2].[V].[V].[W].[W]. The third-order valence-electron chi connectivity index (χ3n) is 0. The van der Waals surface area contributed by atoms with Crippen molar-refractivity contribution >= 4 is 0 Å². The van der Waals surface area contributed by atoms with Gasteiger partial charge in [-0.05, 0) is 0 Å². The summed E-state index contributed by atoms with van der Waals surface area (Å²) in [6.45, 7) is 0. The van der Waals surface area contributed by atoms with Crippen LogP contribution in [0.5, 0.6) is 0 Å². The molecule has 0 aliphatic carbocycles. The molecule has 0 aliphatic rings. The molecule has 0 fully saturated rings. The zero-order valence-electron chi connectivity index (χ0n) is 5.20. The molecule has 0 saturated carbocycles. The maximum atomic E-state index is 0. The van der Waals surface area contributed by atoms with E-state index in [1.165, 1.54) is 0 Å². The summed E-state index contributed by atoms with van der Waals surface area (Å²) in [5.41, 5.74) is 0. The molecule has 0 amide bonds. The van der Waals surface area contributed by atoms with Crippen molar-refractivity contribution in [3.8, 4) is 0 Å². The molecular formula is Mo2Ni2O5V2W2-10. The van der Waals surface area contributed by atoms with Crippen molar-refractivity contribution in [2.24, 2.45) is 0 Å². The summed E-state index contributed by atoms with van der Waals surface area (Å²) in [4.78, 5) is 0. The molecule has 0 aliphatic heterocycles. The number of rotatable bonds is 0. The average molecular weight is 859 g/mol. The van der Waals surface area contributed by atoms with Crippen LogP contribution in [-0.2, 0) is 182 Å². The molecule has 0 heterocycles. The fourth-order valence-electron chi connectivity index (χ4n) is 0. The first kappa shape index (κ1) is 223. The Kier molecular flexibility index (Phi) is 3190. The minimum atomic E-state index is 0. The van der Waals surface area contributed by atoms with Crippen LogP contribution in [0.25, 0.3) is 0 Å². The Balaban J connectivity index is 0. The fourth-order valence-corrected chi connectivity index (χ4v) is 0. The van der Waals surface area contributed by atoms with E-state index in [1.807, 2.05) is 0 Å². The molecule has 0 aromatic rings. The number of hydrogen-bond acceptors (Lipinski definition) is 0. The molecule has 0 bridgehead atoms. The maximum absolute atomic E-state index is 0. The number of hydrogen-bond donors (Lipinski definition) is 0. The van der Waals surface area contributed by atoms with Gasteiger partial charge in [-0.2, -0.15) is 0 Å². The Bertz CT molecular complexity index is 28.5. The van der Waals surface area contributed by atoms with Gasteiger partial charge in [-0.25, -0.2) is 0 Å². The molecule has 0 aromatic carbocycles. The van der Waals surface area contributed by atoms with Gasteiger partial charge in [0.05, 0.1) is 0 Å². The summed E-state index contributed by atoms with van der Waals surface area (Å²) in [5.74, 6) is 0. The van der Waals surface area contributed by atoms with E-state index in [2.05, 4.69) is 0 Å². The first-order chi connectivity index (χ1) is 0. The third-order valence-corrected chi connectivity index (χ3v) is 0. The van der Waals surface area contributed by atoms with Gasteiger partial charge < -0.3 is 27.4 Å². The first-order valence-electron chi connectivity index (χ1n) is 0. The van der Waals surface area contributed by atoms with E-state index in [-0.39, 0.29) is 182 Å². The average Bonchev–Trinajstić information content (AvgIpc) is 0. The van der Waals surface area contributed by atoms with Gasteiger partial charge in [0.2, 0.25) is 0 Å². The molecule has 0 rings (SSSR count). The van der Waals surface area contributed by atoms with Gasteiger partial charge in [0.1, 0.15) is 0 Å². The van der Waals surface area contributed by atoms with Crippen LogP contribution in [-0.4, -0.2) is 0 Å². The first-order valence-corrected chi connectivity index (χ1v) is 0. The van der Waals surface area contributed by atoms with Crippen molar-refractivity contribution in [2.45, 2.75) is 0 Å². The predicted octanol–water partition coefficient (Wildman–Crippen LogP) is -0.614. The van der Waals surface area contributed by atoms with Gasteiger partial charge in [-0.3, -0.25) is 0 Å². The summed E-state index contributed by atoms with van der Waals surface area (Å²) in [5, 5.41) is 0. The molecular weight excluding hydrogens is 859 g/mol. The van der Waals surface area contributed by atoms with Gasteiger partial charge >= 0.3 is 0 Å². The van der Waals surface area contributed by atoms with Gasteiger partial charge in [-0.1, -0.05) is 0 Å². The zero-order valence-corrected chi connectivity index (χ0v) is 19.9. The smallest absolute Gasteiger partial charge is 0 e. The zero-order chi connectivity index (χ0) is 0. The molecule has 0 unspecified atom stereocenters. The Morgan fingerprint density at radius 3 is 0.385 bits per heavy atom. The molecule has 94 valence electrons. The second kappa shape index (κ2) is 186.